The maximum Gasteiger partial charge on any atom is 0.271 e. The zero-order chi connectivity index (χ0) is 17.4. The SMILES string of the molecule is Cn1cc(CCNC(=O)c2cc3n(n2)CCCC3O)c2ccccc21. The lowest BCUT2D eigenvalue weighted by Gasteiger charge is -2.18. The van der Waals surface area contributed by atoms with Crippen LogP contribution in [0.15, 0.2) is 36.5 Å². The van der Waals surface area contributed by atoms with Crippen molar-refractivity contribution in [1.29, 1.82) is 0 Å². The number of aryl methyl sites for hydroxylation is 2. The highest BCUT2D eigenvalue weighted by Gasteiger charge is 2.22. The Kier molecular flexibility index (Phi) is 4.05. The van der Waals surface area contributed by atoms with Crippen LogP contribution in [0.25, 0.3) is 10.9 Å². The molecule has 0 fully saturated rings. The molecule has 3 heterocycles. The number of aliphatic hydroxyl groups is 1. The lowest BCUT2D eigenvalue weighted by atomic mass is 10.1. The number of para-hydroxylation sites is 1. The topological polar surface area (TPSA) is 72.1 Å². The first-order valence-electron chi connectivity index (χ1n) is 8.70. The molecule has 2 aromatic heterocycles. The number of aliphatic hydroxyl groups excluding tert-OH is 1. The van der Waals surface area contributed by atoms with Crippen molar-refractivity contribution in [3.05, 3.63) is 53.5 Å². The number of aromatic nitrogens is 3. The molecule has 2 N–H and O–H groups in total. The van der Waals surface area contributed by atoms with Gasteiger partial charge in [-0.1, -0.05) is 18.2 Å². The molecule has 25 heavy (non-hydrogen) atoms. The molecule has 0 aliphatic carbocycles. The molecule has 0 saturated carbocycles. The first-order valence-corrected chi connectivity index (χ1v) is 8.70. The second kappa shape index (κ2) is 6.37. The maximum atomic E-state index is 12.4. The molecular weight excluding hydrogens is 316 g/mol. The molecule has 0 spiro atoms. The Hall–Kier alpha value is -2.60. The Bertz CT molecular complexity index is 925. The Labute approximate surface area is 146 Å². The van der Waals surface area contributed by atoms with Crippen LogP contribution in [0.3, 0.4) is 0 Å². The van der Waals surface area contributed by atoms with Crippen molar-refractivity contribution in [2.75, 3.05) is 6.54 Å². The number of amides is 1. The number of rotatable bonds is 4. The molecular formula is C19H22N4O2. The molecule has 6 heteroatoms. The fourth-order valence-corrected chi connectivity index (χ4v) is 3.60. The first-order chi connectivity index (χ1) is 12.1. The van der Waals surface area contributed by atoms with Gasteiger partial charge in [0.15, 0.2) is 5.69 Å². The van der Waals surface area contributed by atoms with Gasteiger partial charge in [-0.15, -0.1) is 0 Å². The van der Waals surface area contributed by atoms with E-state index in [2.05, 4.69) is 33.3 Å². The first kappa shape index (κ1) is 15.9. The van der Waals surface area contributed by atoms with Crippen molar-refractivity contribution in [2.45, 2.75) is 31.9 Å². The monoisotopic (exact) mass is 338 g/mol. The van der Waals surface area contributed by atoms with Crippen LogP contribution in [0.2, 0.25) is 0 Å². The third-order valence-corrected chi connectivity index (χ3v) is 4.89. The Morgan fingerprint density at radius 2 is 2.24 bits per heavy atom. The summed E-state index contributed by atoms with van der Waals surface area (Å²) >= 11 is 0. The quantitative estimate of drug-likeness (QED) is 0.766. The number of carbonyl (C=O) groups is 1. The number of hydrogen-bond acceptors (Lipinski definition) is 3. The minimum Gasteiger partial charge on any atom is -0.387 e. The van der Waals surface area contributed by atoms with Crippen molar-refractivity contribution in [2.24, 2.45) is 7.05 Å². The van der Waals surface area contributed by atoms with Crippen LogP contribution in [0.4, 0.5) is 0 Å². The van der Waals surface area contributed by atoms with Crippen LogP contribution in [-0.4, -0.2) is 31.9 Å². The van der Waals surface area contributed by atoms with E-state index in [1.54, 1.807) is 10.7 Å². The molecule has 130 valence electrons. The van der Waals surface area contributed by atoms with Gasteiger partial charge in [0, 0.05) is 37.2 Å². The van der Waals surface area contributed by atoms with Crippen LogP contribution >= 0.6 is 0 Å². The lowest BCUT2D eigenvalue weighted by molar-refractivity contribution is 0.0948. The normalized spacial score (nSPS) is 16.8. The summed E-state index contributed by atoms with van der Waals surface area (Å²) in [6, 6.07) is 9.97. The summed E-state index contributed by atoms with van der Waals surface area (Å²) in [5.41, 5.74) is 3.54. The van der Waals surface area contributed by atoms with Crippen molar-refractivity contribution in [3.8, 4) is 0 Å². The summed E-state index contributed by atoms with van der Waals surface area (Å²) in [6.07, 6.45) is 3.98. The largest absolute Gasteiger partial charge is 0.387 e. The highest BCUT2D eigenvalue weighted by atomic mass is 16.3. The second-order valence-corrected chi connectivity index (χ2v) is 6.62. The van der Waals surface area contributed by atoms with Gasteiger partial charge in [-0.3, -0.25) is 9.48 Å². The summed E-state index contributed by atoms with van der Waals surface area (Å²) in [4.78, 5) is 12.4. The fourth-order valence-electron chi connectivity index (χ4n) is 3.60. The summed E-state index contributed by atoms with van der Waals surface area (Å²) in [6.45, 7) is 1.31. The molecule has 1 amide bonds. The standard InChI is InChI=1S/C19H22N4O2/c1-22-12-13(14-5-2-3-6-16(14)22)8-9-20-19(25)15-11-17-18(24)7-4-10-23(17)21-15/h2-3,5-6,11-12,18,24H,4,7-10H2,1H3,(H,20,25). The van der Waals surface area contributed by atoms with E-state index in [0.29, 0.717) is 12.2 Å². The van der Waals surface area contributed by atoms with Crippen LogP contribution < -0.4 is 5.32 Å². The van der Waals surface area contributed by atoms with Crippen LogP contribution in [0.1, 0.15) is 40.7 Å². The number of benzene rings is 1. The molecule has 0 saturated heterocycles. The summed E-state index contributed by atoms with van der Waals surface area (Å²) in [5, 5.41) is 18.5. The van der Waals surface area contributed by atoms with Crippen LogP contribution in [-0.2, 0) is 20.0 Å². The van der Waals surface area contributed by atoms with E-state index in [9.17, 15) is 9.90 Å². The summed E-state index contributed by atoms with van der Waals surface area (Å²) < 4.78 is 3.85. The zero-order valence-electron chi connectivity index (χ0n) is 14.3. The van der Waals surface area contributed by atoms with Gasteiger partial charge in [-0.2, -0.15) is 5.10 Å². The van der Waals surface area contributed by atoms with Crippen LogP contribution in [0, 0.1) is 0 Å². The molecule has 3 aromatic rings. The van der Waals surface area contributed by atoms with Gasteiger partial charge < -0.3 is 15.0 Å². The average Bonchev–Trinajstić information content (AvgIpc) is 3.18. The smallest absolute Gasteiger partial charge is 0.271 e. The molecule has 1 aliphatic rings. The summed E-state index contributed by atoms with van der Waals surface area (Å²) in [7, 11) is 2.03. The highest BCUT2D eigenvalue weighted by molar-refractivity contribution is 5.92. The number of carbonyl (C=O) groups excluding carboxylic acids is 1. The van der Waals surface area contributed by atoms with Gasteiger partial charge in [0.05, 0.1) is 11.8 Å². The van der Waals surface area contributed by atoms with E-state index in [0.717, 1.165) is 31.5 Å². The van der Waals surface area contributed by atoms with Crippen molar-refractivity contribution >= 4 is 16.8 Å². The van der Waals surface area contributed by atoms with Gasteiger partial charge >= 0.3 is 0 Å². The molecule has 0 bridgehead atoms. The molecule has 0 radical (unpaired) electrons. The number of fused-ring (bicyclic) bond motifs is 2. The van der Waals surface area contributed by atoms with Crippen LogP contribution in [0.5, 0.6) is 0 Å². The maximum absolute atomic E-state index is 12.4. The van der Waals surface area contributed by atoms with E-state index in [1.165, 1.54) is 16.5 Å². The van der Waals surface area contributed by atoms with E-state index < -0.39 is 6.10 Å². The zero-order valence-corrected chi connectivity index (χ0v) is 14.3. The molecule has 4 rings (SSSR count). The number of nitrogens with one attached hydrogen (secondary N) is 1. The third-order valence-electron chi connectivity index (χ3n) is 4.89. The molecule has 1 atom stereocenters. The van der Waals surface area contributed by atoms with E-state index in [-0.39, 0.29) is 5.91 Å². The molecule has 1 aromatic carbocycles. The summed E-state index contributed by atoms with van der Waals surface area (Å²) in [5.74, 6) is -0.186. The highest BCUT2D eigenvalue weighted by Crippen LogP contribution is 2.25. The van der Waals surface area contributed by atoms with E-state index in [4.69, 9.17) is 0 Å². The number of nitrogens with zero attached hydrogens (tertiary/aromatic N) is 3. The van der Waals surface area contributed by atoms with Gasteiger partial charge in [-0.05, 0) is 37.0 Å². The van der Waals surface area contributed by atoms with Gasteiger partial charge in [0.1, 0.15) is 0 Å². The molecule has 1 aliphatic heterocycles. The average molecular weight is 338 g/mol. The van der Waals surface area contributed by atoms with Crippen molar-refractivity contribution < 1.29 is 9.90 Å². The Morgan fingerprint density at radius 3 is 3.08 bits per heavy atom. The predicted molar refractivity (Wildman–Crippen MR) is 95.4 cm³/mol. The van der Waals surface area contributed by atoms with Gasteiger partial charge in [-0.25, -0.2) is 0 Å². The lowest BCUT2D eigenvalue weighted by Crippen LogP contribution is -2.26. The number of hydrogen-bond donors (Lipinski definition) is 2. The fraction of sp³-hybridized carbons (Fsp3) is 0.368. The molecule has 1 unspecified atom stereocenters. The predicted octanol–water partition coefficient (Wildman–Crippen LogP) is 2.17. The van der Waals surface area contributed by atoms with Crippen molar-refractivity contribution in [1.82, 2.24) is 19.7 Å². The Morgan fingerprint density at radius 1 is 1.40 bits per heavy atom. The molecule has 6 nitrogen and oxygen atoms in total. The third kappa shape index (κ3) is 2.93. The van der Waals surface area contributed by atoms with E-state index >= 15 is 0 Å². The van der Waals surface area contributed by atoms with Gasteiger partial charge in [0.25, 0.3) is 5.91 Å². The van der Waals surface area contributed by atoms with E-state index in [1.807, 2.05) is 19.2 Å². The second-order valence-electron chi connectivity index (χ2n) is 6.62. The minimum absolute atomic E-state index is 0.186. The Balaban J connectivity index is 1.42. The van der Waals surface area contributed by atoms with Gasteiger partial charge in [0.2, 0.25) is 0 Å². The minimum atomic E-state index is -0.515. The van der Waals surface area contributed by atoms with Crippen molar-refractivity contribution in [3.63, 3.8) is 0 Å².